The summed E-state index contributed by atoms with van der Waals surface area (Å²) in [4.78, 5) is 2.37. The van der Waals surface area contributed by atoms with Crippen LogP contribution >= 0.6 is 0 Å². The zero-order valence-corrected chi connectivity index (χ0v) is 16.8. The van der Waals surface area contributed by atoms with Crippen molar-refractivity contribution in [3.8, 4) is 0 Å². The van der Waals surface area contributed by atoms with E-state index in [1.54, 1.807) is 18.2 Å². The molecule has 0 spiro atoms. The maximum absolute atomic E-state index is 6.82. The van der Waals surface area contributed by atoms with E-state index in [-0.39, 0.29) is 5.84 Å². The second-order valence-electron chi connectivity index (χ2n) is 7.21. The lowest BCUT2D eigenvalue weighted by atomic mass is 10.0. The minimum absolute atomic E-state index is 0.105. The number of morpholine rings is 1. The van der Waals surface area contributed by atoms with E-state index in [9.17, 15) is 0 Å². The third kappa shape index (κ3) is 5.34. The molecule has 1 fully saturated rings. The molecular formula is C21H28N8O. The van der Waals surface area contributed by atoms with Gasteiger partial charge < -0.3 is 27.7 Å². The molecule has 0 bridgehead atoms. The molecule has 1 aliphatic rings. The number of allylic oxidation sites excluding steroid dienone is 1. The van der Waals surface area contributed by atoms with E-state index in [0.717, 1.165) is 38.4 Å². The summed E-state index contributed by atoms with van der Waals surface area (Å²) in [5.74, 6) is 0.105. The molecule has 0 unspecified atom stereocenters. The van der Waals surface area contributed by atoms with E-state index in [1.807, 2.05) is 12.1 Å². The lowest BCUT2D eigenvalue weighted by Gasteiger charge is -2.26. The predicted molar refractivity (Wildman–Crippen MR) is 118 cm³/mol. The van der Waals surface area contributed by atoms with Crippen LogP contribution in [0.5, 0.6) is 0 Å². The van der Waals surface area contributed by atoms with Gasteiger partial charge in [-0.25, -0.2) is 0 Å². The van der Waals surface area contributed by atoms with Crippen LogP contribution in [0, 0.1) is 5.53 Å². The molecule has 0 aromatic heterocycles. The summed E-state index contributed by atoms with van der Waals surface area (Å²) in [6.45, 7) is 4.31. The Morgan fingerprint density at radius 3 is 2.50 bits per heavy atom. The van der Waals surface area contributed by atoms with Crippen molar-refractivity contribution in [2.75, 3.05) is 32.0 Å². The molecule has 9 nitrogen and oxygen atoms in total. The van der Waals surface area contributed by atoms with Crippen molar-refractivity contribution in [2.45, 2.75) is 13.0 Å². The molecule has 2 aromatic carbocycles. The van der Waals surface area contributed by atoms with Gasteiger partial charge in [-0.1, -0.05) is 29.5 Å². The number of anilines is 1. The Morgan fingerprint density at radius 2 is 1.77 bits per heavy atom. The molecule has 1 saturated heterocycles. The number of nitrogen functional groups attached to an aromatic ring is 1. The van der Waals surface area contributed by atoms with Crippen LogP contribution < -0.4 is 22.9 Å². The van der Waals surface area contributed by atoms with Crippen molar-refractivity contribution < 1.29 is 4.74 Å². The first kappa shape index (κ1) is 21.3. The lowest BCUT2D eigenvalue weighted by molar-refractivity contribution is 0.0342. The van der Waals surface area contributed by atoms with E-state index in [0.29, 0.717) is 34.6 Å². The molecule has 158 valence electrons. The number of benzene rings is 2. The van der Waals surface area contributed by atoms with Crippen LogP contribution in [0.2, 0.25) is 0 Å². The summed E-state index contributed by atoms with van der Waals surface area (Å²) in [6.07, 6.45) is 0.498. The van der Waals surface area contributed by atoms with Crippen LogP contribution in [0.1, 0.15) is 22.3 Å². The third-order valence-electron chi connectivity index (χ3n) is 5.04. The number of hydrogen-bond donors (Lipinski definition) is 5. The van der Waals surface area contributed by atoms with Crippen molar-refractivity contribution in [1.29, 1.82) is 5.53 Å². The Balaban J connectivity index is 1.79. The van der Waals surface area contributed by atoms with E-state index in [2.05, 4.69) is 27.4 Å². The van der Waals surface area contributed by atoms with E-state index in [4.69, 9.17) is 33.2 Å². The smallest absolute Gasteiger partial charge is 0.155 e. The average molecular weight is 409 g/mol. The fraction of sp³-hybridized carbons (Fsp3) is 0.286. The van der Waals surface area contributed by atoms with Gasteiger partial charge in [0.15, 0.2) is 5.84 Å². The quantitative estimate of drug-likeness (QED) is 0.153. The molecule has 0 atom stereocenters. The molecule has 3 rings (SSSR count). The number of nitrogens with zero attached hydrogens (tertiary/aromatic N) is 3. The Kier molecular flexibility index (Phi) is 6.99. The van der Waals surface area contributed by atoms with Crippen LogP contribution in [-0.4, -0.2) is 37.0 Å². The fourth-order valence-corrected chi connectivity index (χ4v) is 3.40. The minimum Gasteiger partial charge on any atom is -0.400 e. The summed E-state index contributed by atoms with van der Waals surface area (Å²) in [5, 5.41) is 6.49. The highest BCUT2D eigenvalue weighted by Crippen LogP contribution is 2.23. The van der Waals surface area contributed by atoms with Gasteiger partial charge >= 0.3 is 0 Å². The number of nitrogens with one attached hydrogen (secondary N) is 1. The van der Waals surface area contributed by atoms with E-state index < -0.39 is 0 Å². The van der Waals surface area contributed by atoms with Gasteiger partial charge in [-0.05, 0) is 29.3 Å². The van der Waals surface area contributed by atoms with Crippen molar-refractivity contribution in [3.63, 3.8) is 0 Å². The molecule has 0 radical (unpaired) electrons. The standard InChI is InChI=1S/C21H28N8O/c22-18-5-4-16(21(25)27-28-26)12-17(18)20(24)19(23)11-14-2-1-3-15(10-14)13-29-6-8-30-9-7-29/h1-5,10,12H,6-9,11,13,22-24H2,(H3,25,26,27). The Labute approximate surface area is 175 Å². The topological polar surface area (TPSA) is 165 Å². The van der Waals surface area contributed by atoms with Gasteiger partial charge in [0, 0.05) is 48.6 Å². The second-order valence-corrected chi connectivity index (χ2v) is 7.21. The molecule has 9 N–H and O–H groups in total. The largest absolute Gasteiger partial charge is 0.400 e. The Bertz CT molecular complexity index is 963. The first-order valence-corrected chi connectivity index (χ1v) is 9.70. The molecule has 30 heavy (non-hydrogen) atoms. The fourth-order valence-electron chi connectivity index (χ4n) is 3.40. The molecule has 2 aromatic rings. The summed E-state index contributed by atoms with van der Waals surface area (Å²) < 4.78 is 5.41. The maximum atomic E-state index is 6.82. The zero-order valence-electron chi connectivity index (χ0n) is 16.8. The molecule has 1 aliphatic heterocycles. The van der Waals surface area contributed by atoms with E-state index in [1.165, 1.54) is 5.56 Å². The first-order chi connectivity index (χ1) is 14.5. The van der Waals surface area contributed by atoms with Gasteiger partial charge in [0.25, 0.3) is 0 Å². The molecule has 0 aliphatic carbocycles. The lowest BCUT2D eigenvalue weighted by Crippen LogP contribution is -2.35. The average Bonchev–Trinajstić information content (AvgIpc) is 2.74. The highest BCUT2D eigenvalue weighted by molar-refractivity contribution is 5.98. The van der Waals surface area contributed by atoms with Crippen LogP contribution in [-0.2, 0) is 17.7 Å². The second kappa shape index (κ2) is 9.86. The van der Waals surface area contributed by atoms with Crippen molar-refractivity contribution in [3.05, 3.63) is 70.4 Å². The first-order valence-electron chi connectivity index (χ1n) is 9.70. The summed E-state index contributed by atoms with van der Waals surface area (Å²) >= 11 is 0. The summed E-state index contributed by atoms with van der Waals surface area (Å²) in [7, 11) is 0. The van der Waals surface area contributed by atoms with Gasteiger partial charge in [0.05, 0.1) is 18.9 Å². The normalized spacial score (nSPS) is 16.2. The Morgan fingerprint density at radius 1 is 1.03 bits per heavy atom. The number of ether oxygens (including phenoxy) is 1. The van der Waals surface area contributed by atoms with Crippen LogP contribution in [0.3, 0.4) is 0 Å². The van der Waals surface area contributed by atoms with Gasteiger partial charge in [-0.2, -0.15) is 5.53 Å². The summed E-state index contributed by atoms with van der Waals surface area (Å²) in [6, 6.07) is 13.4. The summed E-state index contributed by atoms with van der Waals surface area (Å²) in [5.41, 5.74) is 36.2. The van der Waals surface area contributed by atoms with E-state index >= 15 is 0 Å². The van der Waals surface area contributed by atoms with Crippen LogP contribution in [0.25, 0.3) is 5.70 Å². The Hall–Kier alpha value is -3.43. The van der Waals surface area contributed by atoms with Gasteiger partial charge in [0.1, 0.15) is 0 Å². The highest BCUT2D eigenvalue weighted by atomic mass is 16.5. The maximum Gasteiger partial charge on any atom is 0.155 e. The van der Waals surface area contributed by atoms with Crippen LogP contribution in [0.4, 0.5) is 5.69 Å². The molecule has 0 saturated carbocycles. The third-order valence-corrected chi connectivity index (χ3v) is 5.04. The number of rotatable bonds is 7. The molecular weight excluding hydrogens is 380 g/mol. The van der Waals surface area contributed by atoms with Crippen LogP contribution in [0.15, 0.2) is 58.5 Å². The van der Waals surface area contributed by atoms with Crippen molar-refractivity contribution in [2.24, 2.45) is 27.5 Å². The van der Waals surface area contributed by atoms with Gasteiger partial charge in [-0.3, -0.25) is 4.90 Å². The SMILES string of the molecule is N=NN=C(N)c1ccc(N)c(C(N)=C(N)Cc2cccc(CN3CCOCC3)c2)c1. The minimum atomic E-state index is 0.105. The van der Waals surface area contributed by atoms with Crippen molar-refractivity contribution >= 4 is 17.2 Å². The number of nitrogens with two attached hydrogens (primary N) is 4. The van der Waals surface area contributed by atoms with Gasteiger partial charge in [-0.15, -0.1) is 5.10 Å². The molecule has 0 amide bonds. The monoisotopic (exact) mass is 408 g/mol. The molecule has 9 heteroatoms. The van der Waals surface area contributed by atoms with Crippen molar-refractivity contribution in [1.82, 2.24) is 4.90 Å². The number of hydrogen-bond acceptors (Lipinski definition) is 7. The zero-order chi connectivity index (χ0) is 21.5. The van der Waals surface area contributed by atoms with Gasteiger partial charge in [0.2, 0.25) is 0 Å². The highest BCUT2D eigenvalue weighted by Gasteiger charge is 2.13. The molecule has 1 heterocycles. The predicted octanol–water partition coefficient (Wildman–Crippen LogP) is 1.58. The number of amidine groups is 1.